The maximum atomic E-state index is 6.49. The zero-order valence-electron chi connectivity index (χ0n) is 9.47. The Morgan fingerprint density at radius 1 is 1.29 bits per heavy atom. The van der Waals surface area contributed by atoms with E-state index >= 15 is 0 Å². The molecule has 0 fully saturated rings. The molecule has 0 radical (unpaired) electrons. The molecule has 78 valence electrons. The van der Waals surface area contributed by atoms with Gasteiger partial charge in [-0.1, -0.05) is 51.2 Å². The summed E-state index contributed by atoms with van der Waals surface area (Å²) >= 11 is 6.49. The molecule has 1 atom stereocenters. The number of hydrogen-bond donors (Lipinski definition) is 0. The molecule has 1 aromatic rings. The van der Waals surface area contributed by atoms with Crippen LogP contribution < -0.4 is 0 Å². The molecule has 1 aromatic carbocycles. The van der Waals surface area contributed by atoms with Gasteiger partial charge in [0.1, 0.15) is 0 Å². The summed E-state index contributed by atoms with van der Waals surface area (Å²) in [7, 11) is -1.58. The lowest BCUT2D eigenvalue weighted by atomic mass is 10.0. The molecular weight excluding hydrogens is 208 g/mol. The Kier molecular flexibility index (Phi) is 3.79. The molecule has 0 bridgehead atoms. The molecule has 0 aromatic heterocycles. The molecule has 0 saturated heterocycles. The van der Waals surface area contributed by atoms with Gasteiger partial charge in [0.15, 0.2) is 7.38 Å². The quantitative estimate of drug-likeness (QED) is 0.532. The summed E-state index contributed by atoms with van der Waals surface area (Å²) in [6, 6.07) is 8.66. The van der Waals surface area contributed by atoms with Crippen LogP contribution in [-0.4, -0.2) is 7.38 Å². The standard InChI is InChI=1S/C12H19ClSi/c1-5-11-8-6-7-9-12(11)10(2)14(3,4)13/h6-10H,5H2,1-4H3. The lowest BCUT2D eigenvalue weighted by Crippen LogP contribution is -2.26. The SMILES string of the molecule is CCc1ccccc1C(C)[Si](C)(C)Cl. The second-order valence-electron chi connectivity index (χ2n) is 4.34. The van der Waals surface area contributed by atoms with E-state index in [1.165, 1.54) is 11.1 Å². The van der Waals surface area contributed by atoms with Crippen molar-refractivity contribution in [2.75, 3.05) is 0 Å². The first kappa shape index (κ1) is 11.8. The Balaban J connectivity index is 3.06. The molecule has 0 aliphatic carbocycles. The molecule has 0 N–H and O–H groups in total. The highest BCUT2D eigenvalue weighted by molar-refractivity contribution is 7.19. The average Bonchev–Trinajstić information content (AvgIpc) is 2.15. The van der Waals surface area contributed by atoms with Crippen LogP contribution in [0.4, 0.5) is 0 Å². The van der Waals surface area contributed by atoms with Gasteiger partial charge in [-0.2, -0.15) is 11.1 Å². The first-order valence-electron chi connectivity index (χ1n) is 5.23. The molecule has 1 unspecified atom stereocenters. The van der Waals surface area contributed by atoms with E-state index in [1.807, 2.05) is 0 Å². The minimum Gasteiger partial charge on any atom is -0.167 e. The lowest BCUT2D eigenvalue weighted by molar-refractivity contribution is 0.980. The van der Waals surface area contributed by atoms with Crippen molar-refractivity contribution < 1.29 is 0 Å². The van der Waals surface area contributed by atoms with E-state index in [0.717, 1.165) is 6.42 Å². The summed E-state index contributed by atoms with van der Waals surface area (Å²) < 4.78 is 0. The third-order valence-electron chi connectivity index (χ3n) is 2.93. The minimum atomic E-state index is -1.58. The van der Waals surface area contributed by atoms with Crippen LogP contribution in [0.1, 0.15) is 30.5 Å². The molecule has 0 nitrogen and oxygen atoms in total. The maximum Gasteiger partial charge on any atom is 0.157 e. The first-order valence-corrected chi connectivity index (χ1v) is 9.32. The molecule has 0 amide bonds. The third-order valence-corrected chi connectivity index (χ3v) is 6.28. The molecule has 0 heterocycles. The van der Waals surface area contributed by atoms with Crippen LogP contribution in [0.15, 0.2) is 24.3 Å². The number of rotatable bonds is 3. The van der Waals surface area contributed by atoms with E-state index in [4.69, 9.17) is 11.1 Å². The summed E-state index contributed by atoms with van der Waals surface area (Å²) in [6.07, 6.45) is 1.10. The van der Waals surface area contributed by atoms with Crippen molar-refractivity contribution in [2.45, 2.75) is 38.9 Å². The van der Waals surface area contributed by atoms with E-state index in [1.54, 1.807) is 0 Å². The second kappa shape index (κ2) is 4.50. The predicted octanol–water partition coefficient (Wildman–Crippen LogP) is 4.34. The van der Waals surface area contributed by atoms with Crippen LogP contribution in [0.2, 0.25) is 13.1 Å². The minimum absolute atomic E-state index is 0.528. The van der Waals surface area contributed by atoms with Crippen molar-refractivity contribution >= 4 is 18.5 Å². The molecule has 14 heavy (non-hydrogen) atoms. The Labute approximate surface area is 93.0 Å². The van der Waals surface area contributed by atoms with Crippen molar-refractivity contribution in [3.63, 3.8) is 0 Å². The largest absolute Gasteiger partial charge is 0.167 e. The number of aryl methyl sites for hydroxylation is 1. The van der Waals surface area contributed by atoms with Crippen molar-refractivity contribution in [1.82, 2.24) is 0 Å². The first-order chi connectivity index (χ1) is 6.46. The highest BCUT2D eigenvalue weighted by Gasteiger charge is 2.28. The molecule has 0 spiro atoms. The van der Waals surface area contributed by atoms with Gasteiger partial charge in [0, 0.05) is 0 Å². The highest BCUT2D eigenvalue weighted by atomic mass is 35.6. The van der Waals surface area contributed by atoms with Crippen molar-refractivity contribution in [3.8, 4) is 0 Å². The maximum absolute atomic E-state index is 6.49. The lowest BCUT2D eigenvalue weighted by Gasteiger charge is -2.24. The van der Waals surface area contributed by atoms with Gasteiger partial charge in [-0.25, -0.2) is 0 Å². The third kappa shape index (κ3) is 2.61. The van der Waals surface area contributed by atoms with Crippen LogP contribution in [-0.2, 0) is 6.42 Å². The number of hydrogen-bond acceptors (Lipinski definition) is 0. The van der Waals surface area contributed by atoms with Gasteiger partial charge in [-0.05, 0) is 23.1 Å². The van der Waals surface area contributed by atoms with Crippen molar-refractivity contribution in [1.29, 1.82) is 0 Å². The molecule has 0 aliphatic rings. The summed E-state index contributed by atoms with van der Waals surface area (Å²) in [4.78, 5) is 0. The van der Waals surface area contributed by atoms with E-state index in [-0.39, 0.29) is 0 Å². The van der Waals surface area contributed by atoms with Gasteiger partial charge in [0.05, 0.1) is 0 Å². The van der Waals surface area contributed by atoms with Gasteiger partial charge in [-0.15, -0.1) is 0 Å². The number of benzene rings is 1. The molecule has 0 saturated carbocycles. The molecule has 1 rings (SSSR count). The van der Waals surface area contributed by atoms with E-state index in [0.29, 0.717) is 5.54 Å². The summed E-state index contributed by atoms with van der Waals surface area (Å²) in [6.45, 7) is 8.89. The van der Waals surface area contributed by atoms with E-state index in [9.17, 15) is 0 Å². The highest BCUT2D eigenvalue weighted by Crippen LogP contribution is 2.31. The van der Waals surface area contributed by atoms with Crippen LogP contribution in [0.3, 0.4) is 0 Å². The van der Waals surface area contributed by atoms with E-state index in [2.05, 4.69) is 51.2 Å². The predicted molar refractivity (Wildman–Crippen MR) is 67.6 cm³/mol. The van der Waals surface area contributed by atoms with Crippen LogP contribution in [0, 0.1) is 0 Å². The Bertz CT molecular complexity index is 301. The molecule has 0 aliphatic heterocycles. The number of halogens is 1. The molecular formula is C12H19ClSi. The zero-order chi connectivity index (χ0) is 10.8. The fourth-order valence-electron chi connectivity index (χ4n) is 1.65. The van der Waals surface area contributed by atoms with Gasteiger partial charge in [-0.3, -0.25) is 0 Å². The van der Waals surface area contributed by atoms with Gasteiger partial charge < -0.3 is 0 Å². The fraction of sp³-hybridized carbons (Fsp3) is 0.500. The normalized spacial score (nSPS) is 14.1. The summed E-state index contributed by atoms with van der Waals surface area (Å²) in [5, 5.41) is 0. The smallest absolute Gasteiger partial charge is 0.157 e. The van der Waals surface area contributed by atoms with Crippen molar-refractivity contribution in [2.24, 2.45) is 0 Å². The van der Waals surface area contributed by atoms with Crippen molar-refractivity contribution in [3.05, 3.63) is 35.4 Å². The second-order valence-corrected chi connectivity index (χ2v) is 11.3. The Hall–Kier alpha value is -0.273. The van der Waals surface area contributed by atoms with Gasteiger partial charge in [0.2, 0.25) is 0 Å². The van der Waals surface area contributed by atoms with Crippen LogP contribution >= 0.6 is 11.1 Å². The van der Waals surface area contributed by atoms with Crippen LogP contribution in [0.25, 0.3) is 0 Å². The fourth-order valence-corrected chi connectivity index (χ4v) is 3.02. The summed E-state index contributed by atoms with van der Waals surface area (Å²) in [5.74, 6) is 0. The van der Waals surface area contributed by atoms with Gasteiger partial charge in [0.25, 0.3) is 0 Å². The Morgan fingerprint density at radius 3 is 2.36 bits per heavy atom. The van der Waals surface area contributed by atoms with E-state index < -0.39 is 7.38 Å². The monoisotopic (exact) mass is 226 g/mol. The molecule has 2 heteroatoms. The van der Waals surface area contributed by atoms with Crippen LogP contribution in [0.5, 0.6) is 0 Å². The van der Waals surface area contributed by atoms with Gasteiger partial charge >= 0.3 is 0 Å². The zero-order valence-corrected chi connectivity index (χ0v) is 11.2. The average molecular weight is 227 g/mol. The Morgan fingerprint density at radius 2 is 1.86 bits per heavy atom. The summed E-state index contributed by atoms with van der Waals surface area (Å²) in [5.41, 5.74) is 3.42. The topological polar surface area (TPSA) is 0 Å².